The number of hydrogen-bond acceptors (Lipinski definition) is 5. The highest BCUT2D eigenvalue weighted by Crippen LogP contribution is 2.57. The van der Waals surface area contributed by atoms with Crippen LogP contribution in [-0.4, -0.2) is 19.2 Å². The first-order valence-electron chi connectivity index (χ1n) is 8.08. The lowest BCUT2D eigenvalue weighted by Crippen LogP contribution is -2.68. The Balaban J connectivity index is 2.05. The lowest BCUT2D eigenvalue weighted by Gasteiger charge is -2.47. The first-order valence-corrected chi connectivity index (χ1v) is 8.90. The number of carbonyl (C=O) groups is 1. The summed E-state index contributed by atoms with van der Waals surface area (Å²) >= 11 is 0.975. The second-order valence-corrected chi connectivity index (χ2v) is 7.12. The molecule has 9 heteroatoms. The molecule has 5 nitrogen and oxygen atoms in total. The summed E-state index contributed by atoms with van der Waals surface area (Å²) in [5.74, 6) is -0.685. The van der Waals surface area contributed by atoms with Gasteiger partial charge in [-0.15, -0.1) is 0 Å². The summed E-state index contributed by atoms with van der Waals surface area (Å²) in [4.78, 5) is 14.0. The molecule has 0 aliphatic carbocycles. The third kappa shape index (κ3) is 2.38. The molecule has 0 radical (unpaired) electrons. The number of thioether (sulfide) groups is 1. The smallest absolute Gasteiger partial charge is 0.435 e. The number of ether oxygens (including phenoxy) is 1. The molecule has 4 rings (SSSR count). The van der Waals surface area contributed by atoms with Gasteiger partial charge in [0, 0.05) is 10.5 Å². The standard InChI is InChI=1S/C19H12F3N3O2S/c1-27-12-8-6-11(7-9-12)18(19(20,21)22)24-16(26)13(10-23)17-25(18)14-4-2-3-5-15(14)28-17/h2-9H,1H3,(H,24,26). The number of amides is 1. The normalized spacial score (nSPS) is 21.0. The fourth-order valence-electron chi connectivity index (χ4n) is 3.36. The third-order valence-corrected chi connectivity index (χ3v) is 5.76. The number of benzene rings is 2. The Bertz CT molecular complexity index is 1040. The maximum absolute atomic E-state index is 14.6. The molecule has 2 aromatic carbocycles. The van der Waals surface area contributed by atoms with Crippen LogP contribution in [-0.2, 0) is 10.5 Å². The highest BCUT2D eigenvalue weighted by atomic mass is 32.2. The number of nitrogens with one attached hydrogen (secondary N) is 1. The minimum Gasteiger partial charge on any atom is -0.497 e. The number of nitrogens with zero attached hydrogens (tertiary/aromatic N) is 2. The number of anilines is 1. The van der Waals surface area contributed by atoms with Gasteiger partial charge in [0.2, 0.25) is 5.66 Å². The number of methoxy groups -OCH3 is 1. The van der Waals surface area contributed by atoms with E-state index in [1.165, 1.54) is 37.4 Å². The second kappa shape index (κ2) is 6.21. The van der Waals surface area contributed by atoms with Gasteiger partial charge < -0.3 is 10.1 Å². The molecule has 0 saturated heterocycles. The summed E-state index contributed by atoms with van der Waals surface area (Å²) in [6.45, 7) is 0. The molecular weight excluding hydrogens is 391 g/mol. The molecule has 1 amide bonds. The van der Waals surface area contributed by atoms with Crippen molar-refractivity contribution in [1.29, 1.82) is 5.26 Å². The average molecular weight is 403 g/mol. The van der Waals surface area contributed by atoms with E-state index < -0.39 is 17.7 Å². The van der Waals surface area contributed by atoms with E-state index in [1.54, 1.807) is 24.3 Å². The highest BCUT2D eigenvalue weighted by Gasteiger charge is 2.66. The Labute approximate surface area is 162 Å². The van der Waals surface area contributed by atoms with Crippen molar-refractivity contribution < 1.29 is 22.7 Å². The molecular formula is C19H12F3N3O2S. The molecule has 2 aliphatic heterocycles. The Morgan fingerprint density at radius 1 is 1.18 bits per heavy atom. The van der Waals surface area contributed by atoms with Crippen LogP contribution in [0, 0.1) is 11.3 Å². The number of halogens is 3. The molecule has 2 heterocycles. The van der Waals surface area contributed by atoms with E-state index in [1.807, 2.05) is 0 Å². The van der Waals surface area contributed by atoms with E-state index in [4.69, 9.17) is 4.74 Å². The Morgan fingerprint density at radius 2 is 1.86 bits per heavy atom. The summed E-state index contributed by atoms with van der Waals surface area (Å²) in [5.41, 5.74) is -3.13. The predicted molar refractivity (Wildman–Crippen MR) is 96.3 cm³/mol. The molecule has 0 spiro atoms. The number of para-hydroxylation sites is 1. The van der Waals surface area contributed by atoms with Crippen LogP contribution < -0.4 is 15.0 Å². The Hall–Kier alpha value is -3.12. The summed E-state index contributed by atoms with van der Waals surface area (Å²) in [6.07, 6.45) is -4.89. The summed E-state index contributed by atoms with van der Waals surface area (Å²) in [6, 6.07) is 13.5. The topological polar surface area (TPSA) is 65.4 Å². The van der Waals surface area contributed by atoms with Crippen LogP contribution in [0.1, 0.15) is 5.56 Å². The summed E-state index contributed by atoms with van der Waals surface area (Å²) in [7, 11) is 1.41. The van der Waals surface area contributed by atoms with Crippen LogP contribution in [0.2, 0.25) is 0 Å². The summed E-state index contributed by atoms with van der Waals surface area (Å²) in [5, 5.41) is 11.4. The molecule has 0 saturated carbocycles. The highest BCUT2D eigenvalue weighted by molar-refractivity contribution is 8.03. The van der Waals surface area contributed by atoms with Crippen molar-refractivity contribution in [3.8, 4) is 11.8 Å². The van der Waals surface area contributed by atoms with Crippen molar-refractivity contribution in [2.45, 2.75) is 16.7 Å². The van der Waals surface area contributed by atoms with E-state index in [9.17, 15) is 23.2 Å². The van der Waals surface area contributed by atoms with Crippen LogP contribution in [0.4, 0.5) is 18.9 Å². The van der Waals surface area contributed by atoms with Gasteiger partial charge in [-0.2, -0.15) is 18.4 Å². The van der Waals surface area contributed by atoms with Crippen LogP contribution in [0.25, 0.3) is 0 Å². The van der Waals surface area contributed by atoms with Crippen LogP contribution in [0.3, 0.4) is 0 Å². The number of carbonyl (C=O) groups excluding carboxylic acids is 1. The van der Waals surface area contributed by atoms with Crippen LogP contribution in [0.5, 0.6) is 5.75 Å². The van der Waals surface area contributed by atoms with E-state index >= 15 is 0 Å². The number of rotatable bonds is 2. The quantitative estimate of drug-likeness (QED) is 0.824. The SMILES string of the molecule is COc1ccc(C2(C(F)(F)F)NC(=O)C(C#N)=C3Sc4ccccc4N32)cc1. The first-order chi connectivity index (χ1) is 13.3. The molecule has 28 heavy (non-hydrogen) atoms. The fourth-order valence-corrected chi connectivity index (χ4v) is 4.54. The second-order valence-electron chi connectivity index (χ2n) is 6.09. The van der Waals surface area contributed by atoms with Gasteiger partial charge in [-0.05, 0) is 24.3 Å². The van der Waals surface area contributed by atoms with Crippen LogP contribution >= 0.6 is 11.8 Å². The lowest BCUT2D eigenvalue weighted by molar-refractivity contribution is -0.201. The Morgan fingerprint density at radius 3 is 2.46 bits per heavy atom. The minimum absolute atomic E-state index is 0.0411. The zero-order valence-electron chi connectivity index (χ0n) is 14.4. The zero-order valence-corrected chi connectivity index (χ0v) is 15.2. The third-order valence-electron chi connectivity index (χ3n) is 4.62. The van der Waals surface area contributed by atoms with Gasteiger partial charge in [0.1, 0.15) is 22.4 Å². The molecule has 0 fully saturated rings. The molecule has 2 aromatic rings. The van der Waals surface area contributed by atoms with E-state index in [0.29, 0.717) is 10.6 Å². The molecule has 1 N–H and O–H groups in total. The first kappa shape index (κ1) is 18.3. The van der Waals surface area contributed by atoms with Gasteiger partial charge in [0.05, 0.1) is 12.8 Å². The maximum atomic E-state index is 14.6. The van der Waals surface area contributed by atoms with Gasteiger partial charge in [-0.1, -0.05) is 36.0 Å². The molecule has 142 valence electrons. The molecule has 2 aliphatic rings. The molecule has 1 atom stereocenters. The lowest BCUT2D eigenvalue weighted by atomic mass is 9.92. The van der Waals surface area contributed by atoms with E-state index in [-0.39, 0.29) is 21.9 Å². The number of hydrogen-bond donors (Lipinski definition) is 1. The van der Waals surface area contributed by atoms with Crippen molar-refractivity contribution in [3.05, 3.63) is 64.7 Å². The number of nitriles is 1. The molecule has 0 aromatic heterocycles. The van der Waals surface area contributed by atoms with Gasteiger partial charge in [0.25, 0.3) is 5.91 Å². The predicted octanol–water partition coefficient (Wildman–Crippen LogP) is 3.89. The van der Waals surface area contributed by atoms with E-state index in [2.05, 4.69) is 5.32 Å². The largest absolute Gasteiger partial charge is 0.497 e. The van der Waals surface area contributed by atoms with Crippen molar-refractivity contribution in [2.24, 2.45) is 0 Å². The van der Waals surface area contributed by atoms with Crippen molar-refractivity contribution in [1.82, 2.24) is 5.32 Å². The average Bonchev–Trinajstić information content (AvgIpc) is 3.06. The Kier molecular flexibility index (Phi) is 4.05. The molecule has 0 bridgehead atoms. The van der Waals surface area contributed by atoms with Crippen molar-refractivity contribution >= 4 is 23.4 Å². The van der Waals surface area contributed by atoms with E-state index in [0.717, 1.165) is 16.7 Å². The van der Waals surface area contributed by atoms with Gasteiger partial charge in [-0.25, -0.2) is 0 Å². The number of fused-ring (bicyclic) bond motifs is 3. The van der Waals surface area contributed by atoms with Gasteiger partial charge >= 0.3 is 6.18 Å². The van der Waals surface area contributed by atoms with Crippen LogP contribution in [0.15, 0.2) is 64.0 Å². The summed E-state index contributed by atoms with van der Waals surface area (Å²) < 4.78 is 48.8. The zero-order chi connectivity index (χ0) is 20.1. The fraction of sp³-hybridized carbons (Fsp3) is 0.158. The van der Waals surface area contributed by atoms with Gasteiger partial charge in [0.15, 0.2) is 0 Å². The van der Waals surface area contributed by atoms with Gasteiger partial charge in [-0.3, -0.25) is 9.69 Å². The van der Waals surface area contributed by atoms with Crippen molar-refractivity contribution in [2.75, 3.05) is 12.0 Å². The number of alkyl halides is 3. The maximum Gasteiger partial charge on any atom is 0.435 e. The molecule has 1 unspecified atom stereocenters. The minimum atomic E-state index is -4.89. The monoisotopic (exact) mass is 403 g/mol. The van der Waals surface area contributed by atoms with Crippen molar-refractivity contribution in [3.63, 3.8) is 0 Å².